The molecule has 1 aliphatic carbocycles. The number of hydrogen-bond acceptors (Lipinski definition) is 2. The third-order valence-electron chi connectivity index (χ3n) is 3.32. The molecule has 1 aliphatic rings. The molecular formula is C13H14FNO. The highest BCUT2D eigenvalue weighted by molar-refractivity contribution is 5.72. The Morgan fingerprint density at radius 1 is 1.19 bits per heavy atom. The second-order valence-corrected chi connectivity index (χ2v) is 4.50. The van der Waals surface area contributed by atoms with Crippen LogP contribution in [-0.4, -0.2) is 4.98 Å². The third-order valence-corrected chi connectivity index (χ3v) is 3.32. The van der Waals surface area contributed by atoms with E-state index in [1.807, 2.05) is 0 Å². The molecule has 0 atom stereocenters. The molecule has 0 radical (unpaired) electrons. The number of hydrogen-bond donors (Lipinski definition) is 0. The van der Waals surface area contributed by atoms with Crippen molar-refractivity contribution >= 4 is 11.1 Å². The molecule has 0 bridgehead atoms. The van der Waals surface area contributed by atoms with E-state index in [1.165, 1.54) is 31.4 Å². The van der Waals surface area contributed by atoms with Gasteiger partial charge in [0.05, 0.1) is 0 Å². The summed E-state index contributed by atoms with van der Waals surface area (Å²) in [7, 11) is 0. The molecule has 1 saturated carbocycles. The first-order valence-corrected chi connectivity index (χ1v) is 5.89. The Morgan fingerprint density at radius 3 is 2.81 bits per heavy atom. The van der Waals surface area contributed by atoms with Crippen molar-refractivity contribution in [3.05, 3.63) is 29.9 Å². The van der Waals surface area contributed by atoms with E-state index < -0.39 is 0 Å². The van der Waals surface area contributed by atoms with Crippen molar-refractivity contribution in [2.45, 2.75) is 38.0 Å². The summed E-state index contributed by atoms with van der Waals surface area (Å²) in [5.74, 6) is 0.973. The highest BCUT2D eigenvalue weighted by Gasteiger charge is 2.20. The van der Waals surface area contributed by atoms with Gasteiger partial charge in [-0.3, -0.25) is 0 Å². The van der Waals surface area contributed by atoms with Crippen LogP contribution in [0.1, 0.15) is 43.9 Å². The van der Waals surface area contributed by atoms with Gasteiger partial charge in [0.2, 0.25) is 0 Å². The van der Waals surface area contributed by atoms with Crippen LogP contribution >= 0.6 is 0 Å². The number of fused-ring (bicyclic) bond motifs is 1. The smallest absolute Gasteiger partial charge is 0.198 e. The zero-order chi connectivity index (χ0) is 11.0. The van der Waals surface area contributed by atoms with Crippen LogP contribution in [0.25, 0.3) is 11.1 Å². The Labute approximate surface area is 93.5 Å². The summed E-state index contributed by atoms with van der Waals surface area (Å²) in [6.45, 7) is 0. The van der Waals surface area contributed by atoms with Crippen LogP contribution < -0.4 is 0 Å². The lowest BCUT2D eigenvalue weighted by Gasteiger charge is -2.17. The number of benzene rings is 1. The third kappa shape index (κ3) is 1.70. The largest absolute Gasteiger partial charge is 0.440 e. The summed E-state index contributed by atoms with van der Waals surface area (Å²) in [5.41, 5.74) is 1.34. The zero-order valence-corrected chi connectivity index (χ0v) is 9.08. The molecule has 2 nitrogen and oxygen atoms in total. The summed E-state index contributed by atoms with van der Waals surface area (Å²) in [5, 5.41) is 0. The average Bonchev–Trinajstić information content (AvgIpc) is 2.73. The lowest BCUT2D eigenvalue weighted by molar-refractivity contribution is 0.373. The fourth-order valence-corrected chi connectivity index (χ4v) is 2.44. The van der Waals surface area contributed by atoms with Crippen molar-refractivity contribution in [3.8, 4) is 0 Å². The van der Waals surface area contributed by atoms with Crippen LogP contribution in [0, 0.1) is 5.82 Å². The average molecular weight is 219 g/mol. The zero-order valence-electron chi connectivity index (χ0n) is 9.08. The van der Waals surface area contributed by atoms with Crippen molar-refractivity contribution in [1.29, 1.82) is 0 Å². The van der Waals surface area contributed by atoms with E-state index in [-0.39, 0.29) is 5.82 Å². The highest BCUT2D eigenvalue weighted by atomic mass is 19.1. The maximum atomic E-state index is 13.0. The summed E-state index contributed by atoms with van der Waals surface area (Å²) in [6.07, 6.45) is 6.10. The van der Waals surface area contributed by atoms with E-state index in [2.05, 4.69) is 4.98 Å². The first-order valence-electron chi connectivity index (χ1n) is 5.89. The van der Waals surface area contributed by atoms with Gasteiger partial charge in [-0.25, -0.2) is 9.37 Å². The van der Waals surface area contributed by atoms with E-state index in [1.54, 1.807) is 6.07 Å². The molecule has 16 heavy (non-hydrogen) atoms. The molecule has 0 saturated heterocycles. The Balaban J connectivity index is 1.97. The van der Waals surface area contributed by atoms with Crippen LogP contribution in [0.15, 0.2) is 22.6 Å². The van der Waals surface area contributed by atoms with Gasteiger partial charge < -0.3 is 4.42 Å². The van der Waals surface area contributed by atoms with Gasteiger partial charge >= 0.3 is 0 Å². The van der Waals surface area contributed by atoms with Gasteiger partial charge in [-0.15, -0.1) is 0 Å². The molecule has 1 aromatic carbocycles. The van der Waals surface area contributed by atoms with Gasteiger partial charge in [-0.2, -0.15) is 0 Å². The van der Waals surface area contributed by atoms with E-state index in [0.717, 1.165) is 18.7 Å². The molecule has 84 valence electrons. The topological polar surface area (TPSA) is 26.0 Å². The second-order valence-electron chi connectivity index (χ2n) is 4.50. The molecular weight excluding hydrogens is 205 g/mol. The van der Waals surface area contributed by atoms with Crippen LogP contribution in [0.5, 0.6) is 0 Å². The minimum absolute atomic E-state index is 0.254. The number of halogens is 1. The number of rotatable bonds is 1. The van der Waals surface area contributed by atoms with E-state index in [9.17, 15) is 4.39 Å². The maximum absolute atomic E-state index is 13.0. The van der Waals surface area contributed by atoms with Crippen LogP contribution in [-0.2, 0) is 0 Å². The summed E-state index contributed by atoms with van der Waals surface area (Å²) in [6, 6.07) is 4.51. The number of aromatic nitrogens is 1. The Bertz CT molecular complexity index is 500. The first kappa shape index (κ1) is 9.82. The van der Waals surface area contributed by atoms with Crippen molar-refractivity contribution < 1.29 is 8.81 Å². The molecule has 0 unspecified atom stereocenters. The van der Waals surface area contributed by atoms with Crippen LogP contribution in [0.2, 0.25) is 0 Å². The van der Waals surface area contributed by atoms with Crippen molar-refractivity contribution in [1.82, 2.24) is 4.98 Å². The summed E-state index contributed by atoms with van der Waals surface area (Å²) in [4.78, 5) is 4.39. The monoisotopic (exact) mass is 219 g/mol. The summed E-state index contributed by atoms with van der Waals surface area (Å²) >= 11 is 0. The molecule has 0 spiro atoms. The van der Waals surface area contributed by atoms with Gasteiger partial charge in [0.15, 0.2) is 11.5 Å². The van der Waals surface area contributed by atoms with E-state index in [0.29, 0.717) is 17.0 Å². The molecule has 0 amide bonds. The SMILES string of the molecule is Fc1ccc2oc(C3CCCCC3)nc2c1. The first-order chi connectivity index (χ1) is 7.83. The van der Waals surface area contributed by atoms with Crippen molar-refractivity contribution in [2.75, 3.05) is 0 Å². The van der Waals surface area contributed by atoms with Crippen molar-refractivity contribution in [3.63, 3.8) is 0 Å². The Kier molecular flexibility index (Phi) is 2.39. The lowest BCUT2D eigenvalue weighted by Crippen LogP contribution is -2.04. The quantitative estimate of drug-likeness (QED) is 0.724. The fraction of sp³-hybridized carbons (Fsp3) is 0.462. The van der Waals surface area contributed by atoms with Gasteiger partial charge in [0, 0.05) is 12.0 Å². The maximum Gasteiger partial charge on any atom is 0.198 e. The molecule has 0 N–H and O–H groups in total. The fourth-order valence-electron chi connectivity index (χ4n) is 2.44. The van der Waals surface area contributed by atoms with Gasteiger partial charge in [-0.05, 0) is 25.0 Å². The Morgan fingerprint density at radius 2 is 2.00 bits per heavy atom. The molecule has 0 aliphatic heterocycles. The Hall–Kier alpha value is -1.38. The second kappa shape index (κ2) is 3.89. The molecule has 1 fully saturated rings. The lowest BCUT2D eigenvalue weighted by atomic mass is 9.89. The minimum Gasteiger partial charge on any atom is -0.440 e. The molecule has 3 heteroatoms. The molecule has 1 heterocycles. The molecule has 1 aromatic heterocycles. The highest BCUT2D eigenvalue weighted by Crippen LogP contribution is 2.33. The standard InChI is InChI=1S/C13H14FNO/c14-10-6-7-12-11(8-10)15-13(16-12)9-4-2-1-3-5-9/h6-9H,1-5H2. The van der Waals surface area contributed by atoms with Crippen molar-refractivity contribution in [2.24, 2.45) is 0 Å². The van der Waals surface area contributed by atoms with E-state index >= 15 is 0 Å². The van der Waals surface area contributed by atoms with Crippen LogP contribution in [0.4, 0.5) is 4.39 Å². The van der Waals surface area contributed by atoms with Gasteiger partial charge in [-0.1, -0.05) is 19.3 Å². The number of nitrogens with zero attached hydrogens (tertiary/aromatic N) is 1. The van der Waals surface area contributed by atoms with Gasteiger partial charge in [0.25, 0.3) is 0 Å². The molecule has 2 aromatic rings. The predicted molar refractivity (Wildman–Crippen MR) is 59.8 cm³/mol. The number of oxazole rings is 1. The normalized spacial score (nSPS) is 18.1. The molecule has 3 rings (SSSR count). The summed E-state index contributed by atoms with van der Waals surface area (Å²) < 4.78 is 18.7. The minimum atomic E-state index is -0.254. The predicted octanol–water partition coefficient (Wildman–Crippen LogP) is 4.01. The van der Waals surface area contributed by atoms with E-state index in [4.69, 9.17) is 4.42 Å². The van der Waals surface area contributed by atoms with Crippen LogP contribution in [0.3, 0.4) is 0 Å². The van der Waals surface area contributed by atoms with Gasteiger partial charge in [0.1, 0.15) is 11.3 Å².